The number of hydrogen-bond acceptors (Lipinski definition) is 7. The van der Waals surface area contributed by atoms with Crippen LogP contribution in [0.5, 0.6) is 0 Å². The van der Waals surface area contributed by atoms with Crippen LogP contribution in [0.3, 0.4) is 0 Å². The number of benzene rings is 4. The summed E-state index contributed by atoms with van der Waals surface area (Å²) in [5.74, 6) is 0.897. The monoisotopic (exact) mass is 754 g/mol. The van der Waals surface area contributed by atoms with Crippen molar-refractivity contribution in [3.05, 3.63) is 121 Å². The number of hydrogen-bond donors (Lipinski definition) is 4. The number of aromatic nitrogens is 4. The van der Waals surface area contributed by atoms with Gasteiger partial charge in [-0.3, -0.25) is 14.4 Å². The number of carbonyl (C=O) groups excluding carboxylic acids is 4. The molecule has 2 heterocycles. The number of aromatic amines is 2. The Labute approximate surface area is 325 Å². The molecule has 0 saturated carbocycles. The summed E-state index contributed by atoms with van der Waals surface area (Å²) in [6, 6.07) is 29.1. The second-order valence-electron chi connectivity index (χ2n) is 13.4. The predicted molar refractivity (Wildman–Crippen MR) is 215 cm³/mol. The lowest BCUT2D eigenvalue weighted by Crippen LogP contribution is -2.43. The molecule has 56 heavy (non-hydrogen) atoms. The Bertz CT molecular complexity index is 2270. The summed E-state index contributed by atoms with van der Waals surface area (Å²) in [7, 11) is 1.27. The highest BCUT2D eigenvalue weighted by Crippen LogP contribution is 2.30. The highest BCUT2D eigenvalue weighted by Gasteiger charge is 2.28. The van der Waals surface area contributed by atoms with E-state index in [2.05, 4.69) is 79.1 Å². The first-order valence-corrected chi connectivity index (χ1v) is 18.7. The molecule has 0 aliphatic rings. The fraction of sp³-hybridized carbons (Fsp3) is 0.256. The Morgan fingerprint density at radius 2 is 1.29 bits per heavy atom. The van der Waals surface area contributed by atoms with Crippen molar-refractivity contribution in [2.24, 2.45) is 0 Å². The minimum atomic E-state index is -0.898. The third-order valence-corrected chi connectivity index (χ3v) is 9.43. The number of amides is 4. The first-order valence-electron chi connectivity index (χ1n) is 18.7. The molecule has 0 radical (unpaired) electrons. The smallest absolute Gasteiger partial charge is 0.407 e. The molecular weight excluding hydrogens is 709 g/mol. The van der Waals surface area contributed by atoms with Crippen LogP contribution in [0, 0.1) is 0 Å². The van der Waals surface area contributed by atoms with E-state index in [1.807, 2.05) is 44.2 Å². The summed E-state index contributed by atoms with van der Waals surface area (Å²) < 4.78 is 4.81. The minimum Gasteiger partial charge on any atom is -0.453 e. The third kappa shape index (κ3) is 9.48. The number of methoxy groups -OCH3 is 1. The van der Waals surface area contributed by atoms with E-state index >= 15 is 0 Å². The van der Waals surface area contributed by atoms with Crippen LogP contribution < -0.4 is 10.6 Å². The Kier molecular flexibility index (Phi) is 12.9. The molecule has 1 atom stereocenters. The lowest BCUT2D eigenvalue weighted by molar-refractivity contribution is -0.134. The number of imidazole rings is 2. The van der Waals surface area contributed by atoms with Crippen molar-refractivity contribution < 1.29 is 23.9 Å². The summed E-state index contributed by atoms with van der Waals surface area (Å²) in [6.07, 6.45) is 4.92. The Balaban J connectivity index is 1.12. The maximum absolute atomic E-state index is 13.8. The van der Waals surface area contributed by atoms with Gasteiger partial charge < -0.3 is 35.1 Å². The van der Waals surface area contributed by atoms with Gasteiger partial charge in [0, 0.05) is 18.7 Å². The maximum atomic E-state index is 13.8. The zero-order chi connectivity index (χ0) is 39.4. The molecule has 0 aliphatic heterocycles. The van der Waals surface area contributed by atoms with Gasteiger partial charge in [-0.2, -0.15) is 0 Å². The molecule has 4 aromatic carbocycles. The van der Waals surface area contributed by atoms with Gasteiger partial charge in [0.05, 0.1) is 50.5 Å². The van der Waals surface area contributed by atoms with Gasteiger partial charge >= 0.3 is 6.09 Å². The maximum Gasteiger partial charge on any atom is 0.407 e. The van der Waals surface area contributed by atoms with Gasteiger partial charge in [0.1, 0.15) is 17.7 Å². The average molecular weight is 755 g/mol. The van der Waals surface area contributed by atoms with Gasteiger partial charge in [-0.25, -0.2) is 14.8 Å². The summed E-state index contributed by atoms with van der Waals surface area (Å²) in [4.78, 5) is 68.3. The first kappa shape index (κ1) is 38.9. The summed E-state index contributed by atoms with van der Waals surface area (Å²) in [5, 5.41) is 7.31. The molecule has 13 heteroatoms. The van der Waals surface area contributed by atoms with Gasteiger partial charge in [-0.15, -0.1) is 0 Å². The predicted octanol–water partition coefficient (Wildman–Crippen LogP) is 6.61. The van der Waals surface area contributed by atoms with Crippen LogP contribution in [0.2, 0.25) is 0 Å². The van der Waals surface area contributed by atoms with Crippen LogP contribution in [0.25, 0.3) is 44.4 Å². The number of ether oxygens (including phenoxy) is 1. The molecule has 4 amide bonds. The number of H-pyrrole nitrogens is 2. The normalized spacial score (nSPS) is 11.5. The molecular formula is C43H46N8O5. The largest absolute Gasteiger partial charge is 0.453 e. The lowest BCUT2D eigenvalue weighted by atomic mass is 9.98. The molecule has 13 nitrogen and oxygen atoms in total. The molecule has 288 valence electrons. The highest BCUT2D eigenvalue weighted by molar-refractivity contribution is 5.91. The van der Waals surface area contributed by atoms with Gasteiger partial charge in [0.25, 0.3) is 0 Å². The van der Waals surface area contributed by atoms with Crippen molar-refractivity contribution in [3.63, 3.8) is 0 Å². The Morgan fingerprint density at radius 1 is 0.732 bits per heavy atom. The zero-order valence-electron chi connectivity index (χ0n) is 31.7. The molecule has 0 bridgehead atoms. The average Bonchev–Trinajstić information content (AvgIpc) is 3.91. The van der Waals surface area contributed by atoms with Gasteiger partial charge in [-0.1, -0.05) is 92.7 Å². The van der Waals surface area contributed by atoms with Crippen LogP contribution in [0.4, 0.5) is 4.79 Å². The van der Waals surface area contributed by atoms with Crippen molar-refractivity contribution >= 4 is 35.1 Å². The van der Waals surface area contributed by atoms with E-state index in [-0.39, 0.29) is 24.9 Å². The van der Waals surface area contributed by atoms with E-state index in [9.17, 15) is 19.2 Å². The topological polar surface area (TPSA) is 165 Å². The van der Waals surface area contributed by atoms with E-state index in [0.29, 0.717) is 43.3 Å². The van der Waals surface area contributed by atoms with E-state index < -0.39 is 12.1 Å². The summed E-state index contributed by atoms with van der Waals surface area (Å²) >= 11 is 0. The van der Waals surface area contributed by atoms with E-state index in [0.717, 1.165) is 57.3 Å². The number of fused-ring (bicyclic) bond motifs is 1. The molecule has 6 rings (SSSR count). The van der Waals surface area contributed by atoms with Crippen LogP contribution in [-0.2, 0) is 32.2 Å². The molecule has 0 aliphatic carbocycles. The summed E-state index contributed by atoms with van der Waals surface area (Å²) in [6.45, 7) is 5.58. The van der Waals surface area contributed by atoms with Crippen LogP contribution in [-0.4, -0.2) is 80.8 Å². The standard InChI is InChI=1S/C43H46N8O5/c1-4-19-50(40(53)25-44-28-52)26-38-46-24-37(48-38)35-18-17-33-21-32(15-16-34(33)22-35)29-11-13-30(14-12-29)36-23-45-39(47-36)27-51(20-5-2)42(54)41(49-43(55)56-3)31-9-7-6-8-10-31/h6-18,21-24,28,41H,4-5,19-20,25-27H2,1-3H3,(H,44,52)(H,45,47)(H,46,48)(H,49,55)/t41-/m1/s1. The molecule has 0 saturated heterocycles. The highest BCUT2D eigenvalue weighted by atomic mass is 16.5. The van der Waals surface area contributed by atoms with Crippen molar-refractivity contribution in [1.29, 1.82) is 0 Å². The van der Waals surface area contributed by atoms with Gasteiger partial charge in [0.15, 0.2) is 0 Å². The third-order valence-electron chi connectivity index (χ3n) is 9.43. The van der Waals surface area contributed by atoms with Crippen LogP contribution in [0.15, 0.2) is 103 Å². The molecule has 2 aromatic heterocycles. The van der Waals surface area contributed by atoms with E-state index in [4.69, 9.17) is 4.74 Å². The summed E-state index contributed by atoms with van der Waals surface area (Å²) in [5.41, 5.74) is 6.44. The SMILES string of the molecule is CCCN(Cc1ncc(-c2ccc3cc(-c4ccc(-c5cnc(CN(CCC)C(=O)[C@H](NC(=O)OC)c6ccccc6)[nH]5)cc4)ccc3c2)[nH]1)C(=O)CNC=O. The molecule has 0 spiro atoms. The fourth-order valence-electron chi connectivity index (χ4n) is 6.61. The lowest BCUT2D eigenvalue weighted by Gasteiger charge is -2.27. The second kappa shape index (κ2) is 18.5. The van der Waals surface area contributed by atoms with Crippen LogP contribution in [0.1, 0.15) is 49.9 Å². The zero-order valence-corrected chi connectivity index (χ0v) is 31.7. The van der Waals surface area contributed by atoms with Crippen molar-refractivity contribution in [3.8, 4) is 33.6 Å². The number of carbonyl (C=O) groups is 4. The number of nitrogens with zero attached hydrogens (tertiary/aromatic N) is 4. The number of nitrogens with one attached hydrogen (secondary N) is 4. The van der Waals surface area contributed by atoms with E-state index in [1.54, 1.807) is 34.3 Å². The molecule has 4 N–H and O–H groups in total. The van der Waals surface area contributed by atoms with Crippen molar-refractivity contribution in [1.82, 2.24) is 40.4 Å². The molecule has 0 fully saturated rings. The molecule has 0 unspecified atom stereocenters. The number of rotatable bonds is 17. The second-order valence-corrected chi connectivity index (χ2v) is 13.4. The van der Waals surface area contributed by atoms with Gasteiger partial charge in [0.2, 0.25) is 18.2 Å². The Morgan fingerprint density at radius 3 is 1.91 bits per heavy atom. The van der Waals surface area contributed by atoms with E-state index in [1.165, 1.54) is 7.11 Å². The van der Waals surface area contributed by atoms with Crippen LogP contribution >= 0.6 is 0 Å². The molecule has 6 aromatic rings. The quantitative estimate of drug-likeness (QED) is 0.0762. The van der Waals surface area contributed by atoms with Gasteiger partial charge in [-0.05, 0) is 58.0 Å². The number of alkyl carbamates (subject to hydrolysis) is 1. The van der Waals surface area contributed by atoms with Crippen molar-refractivity contribution in [2.75, 3.05) is 26.7 Å². The fourth-order valence-corrected chi connectivity index (χ4v) is 6.61. The van der Waals surface area contributed by atoms with Crippen molar-refractivity contribution in [2.45, 2.75) is 45.8 Å². The minimum absolute atomic E-state index is 0.0429. The first-order chi connectivity index (χ1) is 27.3. The Hall–Kier alpha value is -6.76.